The Morgan fingerprint density at radius 2 is 0.759 bits per heavy atom. The van der Waals surface area contributed by atoms with E-state index in [2.05, 4.69) is 19.2 Å². The number of nitrogens with one attached hydrogen (secondary N) is 1. The molecule has 0 amide bonds. The Labute approximate surface area is 190 Å². The molecular formula is C26H56ClNO. The summed E-state index contributed by atoms with van der Waals surface area (Å²) >= 11 is 0. The highest BCUT2D eigenvalue weighted by molar-refractivity contribution is 5.85. The SMILES string of the molecule is CCCCCCCCCCCCC(CCCCCCCCCCCC)NCO.Cl. The molecule has 0 saturated carbocycles. The number of hydrogen-bond donors (Lipinski definition) is 2. The molecule has 0 bridgehead atoms. The van der Waals surface area contributed by atoms with Crippen LogP contribution in [-0.2, 0) is 0 Å². The topological polar surface area (TPSA) is 32.3 Å². The number of aliphatic hydroxyl groups excluding tert-OH is 1. The van der Waals surface area contributed by atoms with Gasteiger partial charge in [-0.1, -0.05) is 142 Å². The van der Waals surface area contributed by atoms with Crippen molar-refractivity contribution < 1.29 is 5.11 Å². The molecule has 0 aromatic rings. The molecule has 2 nitrogen and oxygen atoms in total. The first-order valence-electron chi connectivity index (χ1n) is 13.2. The van der Waals surface area contributed by atoms with Gasteiger partial charge < -0.3 is 5.11 Å². The lowest BCUT2D eigenvalue weighted by atomic mass is 9.99. The van der Waals surface area contributed by atoms with Gasteiger partial charge in [-0.2, -0.15) is 0 Å². The van der Waals surface area contributed by atoms with Crippen molar-refractivity contribution in [2.75, 3.05) is 6.73 Å². The van der Waals surface area contributed by atoms with Crippen molar-refractivity contribution in [3.63, 3.8) is 0 Å². The highest BCUT2D eigenvalue weighted by Crippen LogP contribution is 2.16. The van der Waals surface area contributed by atoms with Crippen molar-refractivity contribution in [3.8, 4) is 0 Å². The Hall–Kier alpha value is 0.210. The lowest BCUT2D eigenvalue weighted by Crippen LogP contribution is -2.29. The number of aliphatic hydroxyl groups is 1. The minimum Gasteiger partial charge on any atom is -0.381 e. The molecule has 2 N–H and O–H groups in total. The summed E-state index contributed by atoms with van der Waals surface area (Å²) in [5.74, 6) is 0. The first-order valence-corrected chi connectivity index (χ1v) is 13.2. The van der Waals surface area contributed by atoms with Gasteiger partial charge in [0.1, 0.15) is 0 Å². The quantitative estimate of drug-likeness (QED) is 0.117. The van der Waals surface area contributed by atoms with Crippen LogP contribution in [0.25, 0.3) is 0 Å². The number of unbranched alkanes of at least 4 members (excludes halogenated alkanes) is 18. The number of hydrogen-bond acceptors (Lipinski definition) is 2. The normalized spacial score (nSPS) is 11.2. The third kappa shape index (κ3) is 26.2. The predicted octanol–water partition coefficient (Wildman–Crippen LogP) is 8.94. The molecule has 0 aliphatic rings. The highest BCUT2D eigenvalue weighted by Gasteiger charge is 2.07. The van der Waals surface area contributed by atoms with Crippen molar-refractivity contribution >= 4 is 12.4 Å². The molecule has 0 saturated heterocycles. The predicted molar refractivity (Wildman–Crippen MR) is 134 cm³/mol. The molecule has 0 unspecified atom stereocenters. The van der Waals surface area contributed by atoms with Gasteiger partial charge in [0.15, 0.2) is 0 Å². The van der Waals surface area contributed by atoms with Crippen molar-refractivity contribution in [1.82, 2.24) is 5.32 Å². The number of halogens is 1. The Bertz CT molecular complexity index is 251. The van der Waals surface area contributed by atoms with Crippen LogP contribution in [0.15, 0.2) is 0 Å². The lowest BCUT2D eigenvalue weighted by Gasteiger charge is -2.17. The van der Waals surface area contributed by atoms with Crippen LogP contribution in [0.2, 0.25) is 0 Å². The third-order valence-corrected chi connectivity index (χ3v) is 6.19. The summed E-state index contributed by atoms with van der Waals surface area (Å²) < 4.78 is 0. The maximum absolute atomic E-state index is 9.25. The summed E-state index contributed by atoms with van der Waals surface area (Å²) in [6.07, 6.45) is 30.5. The maximum atomic E-state index is 9.25. The Kier molecular flexibility index (Phi) is 30.5. The van der Waals surface area contributed by atoms with Gasteiger partial charge >= 0.3 is 0 Å². The molecule has 178 valence electrons. The Balaban J connectivity index is 0. The van der Waals surface area contributed by atoms with Crippen molar-refractivity contribution in [1.29, 1.82) is 0 Å². The molecule has 0 aliphatic heterocycles. The minimum absolute atomic E-state index is 0. The van der Waals surface area contributed by atoms with Gasteiger partial charge in [-0.05, 0) is 12.8 Å². The fraction of sp³-hybridized carbons (Fsp3) is 1.00. The second-order valence-corrected chi connectivity index (χ2v) is 9.00. The van der Waals surface area contributed by atoms with Crippen LogP contribution < -0.4 is 5.32 Å². The average molecular weight is 434 g/mol. The molecule has 0 radical (unpaired) electrons. The van der Waals surface area contributed by atoms with Gasteiger partial charge in [0.25, 0.3) is 0 Å². The minimum atomic E-state index is 0. The van der Waals surface area contributed by atoms with Crippen LogP contribution in [-0.4, -0.2) is 17.9 Å². The second kappa shape index (κ2) is 28.2. The van der Waals surface area contributed by atoms with Gasteiger partial charge in [0.2, 0.25) is 0 Å². The van der Waals surface area contributed by atoms with Crippen LogP contribution in [0.1, 0.15) is 155 Å². The summed E-state index contributed by atoms with van der Waals surface area (Å²) in [5, 5.41) is 12.5. The van der Waals surface area contributed by atoms with Crippen molar-refractivity contribution in [3.05, 3.63) is 0 Å². The van der Waals surface area contributed by atoms with E-state index in [-0.39, 0.29) is 19.1 Å². The van der Waals surface area contributed by atoms with Gasteiger partial charge in [0, 0.05) is 6.04 Å². The standard InChI is InChI=1S/C26H55NO.ClH/c1-3-5-7-9-11-13-15-17-19-21-23-26(27-25-28)24-22-20-18-16-14-12-10-8-6-4-2;/h26-28H,3-25H2,1-2H3;1H. The first kappa shape index (κ1) is 31.4. The molecule has 0 spiro atoms. The molecule has 3 heteroatoms. The molecule has 0 rings (SSSR count). The summed E-state index contributed by atoms with van der Waals surface area (Å²) in [7, 11) is 0. The molecule has 0 aromatic heterocycles. The van der Waals surface area contributed by atoms with Gasteiger partial charge in [-0.25, -0.2) is 0 Å². The van der Waals surface area contributed by atoms with E-state index in [1.165, 1.54) is 141 Å². The zero-order valence-electron chi connectivity index (χ0n) is 20.2. The third-order valence-electron chi connectivity index (χ3n) is 6.19. The van der Waals surface area contributed by atoms with E-state index < -0.39 is 0 Å². The molecule has 0 heterocycles. The van der Waals surface area contributed by atoms with Crippen molar-refractivity contribution in [2.24, 2.45) is 0 Å². The molecule has 0 aliphatic carbocycles. The lowest BCUT2D eigenvalue weighted by molar-refractivity contribution is 0.229. The second-order valence-electron chi connectivity index (χ2n) is 9.00. The fourth-order valence-electron chi connectivity index (χ4n) is 4.23. The number of rotatable bonds is 24. The largest absolute Gasteiger partial charge is 0.381 e. The van der Waals surface area contributed by atoms with Crippen LogP contribution in [0.4, 0.5) is 0 Å². The van der Waals surface area contributed by atoms with E-state index in [0.29, 0.717) is 6.04 Å². The zero-order chi connectivity index (χ0) is 20.5. The van der Waals surface area contributed by atoms with Crippen LogP contribution >= 0.6 is 12.4 Å². The Morgan fingerprint density at radius 3 is 1.03 bits per heavy atom. The summed E-state index contributed by atoms with van der Waals surface area (Å²) in [6, 6.07) is 0.535. The van der Waals surface area contributed by atoms with E-state index in [9.17, 15) is 5.11 Å². The summed E-state index contributed by atoms with van der Waals surface area (Å²) in [5.41, 5.74) is 0. The monoisotopic (exact) mass is 433 g/mol. The van der Waals surface area contributed by atoms with Crippen LogP contribution in [0.5, 0.6) is 0 Å². The smallest absolute Gasteiger partial charge is 0.0933 e. The first-order chi connectivity index (χ1) is 13.8. The van der Waals surface area contributed by atoms with E-state index in [4.69, 9.17) is 0 Å². The van der Waals surface area contributed by atoms with E-state index in [1.807, 2.05) is 0 Å². The van der Waals surface area contributed by atoms with Gasteiger partial charge in [0.05, 0.1) is 6.73 Å². The molecule has 0 aromatic carbocycles. The highest BCUT2D eigenvalue weighted by atomic mass is 35.5. The van der Waals surface area contributed by atoms with E-state index in [0.717, 1.165) is 0 Å². The fourth-order valence-corrected chi connectivity index (χ4v) is 4.23. The maximum Gasteiger partial charge on any atom is 0.0933 e. The van der Waals surface area contributed by atoms with Crippen molar-refractivity contribution in [2.45, 2.75) is 161 Å². The van der Waals surface area contributed by atoms with E-state index >= 15 is 0 Å². The summed E-state index contributed by atoms with van der Waals surface area (Å²) in [6.45, 7) is 4.71. The van der Waals surface area contributed by atoms with Gasteiger partial charge in [-0.3, -0.25) is 5.32 Å². The van der Waals surface area contributed by atoms with Crippen LogP contribution in [0, 0.1) is 0 Å². The molecular weight excluding hydrogens is 378 g/mol. The molecule has 0 atom stereocenters. The van der Waals surface area contributed by atoms with Crippen LogP contribution in [0.3, 0.4) is 0 Å². The Morgan fingerprint density at radius 1 is 0.483 bits per heavy atom. The average Bonchev–Trinajstić information content (AvgIpc) is 2.70. The molecule has 0 fully saturated rings. The zero-order valence-corrected chi connectivity index (χ0v) is 21.0. The van der Waals surface area contributed by atoms with E-state index in [1.54, 1.807) is 0 Å². The van der Waals surface area contributed by atoms with Gasteiger partial charge in [-0.15, -0.1) is 12.4 Å². The molecule has 29 heavy (non-hydrogen) atoms. The summed E-state index contributed by atoms with van der Waals surface area (Å²) in [4.78, 5) is 0.